The molecule has 2 aliphatic heterocycles. The molecule has 4 rings (SSSR count). The van der Waals surface area contributed by atoms with Crippen molar-refractivity contribution in [3.63, 3.8) is 0 Å². The van der Waals surface area contributed by atoms with Crippen LogP contribution in [0.5, 0.6) is 5.75 Å². The van der Waals surface area contributed by atoms with Gasteiger partial charge in [-0.15, -0.1) is 0 Å². The van der Waals surface area contributed by atoms with Gasteiger partial charge in [0.2, 0.25) is 0 Å². The quantitative estimate of drug-likeness (QED) is 0.843. The monoisotopic (exact) mass is 394 g/mol. The van der Waals surface area contributed by atoms with E-state index in [0.717, 1.165) is 22.6 Å². The highest BCUT2D eigenvalue weighted by atomic mass is 16.5. The third-order valence-corrected chi connectivity index (χ3v) is 5.66. The summed E-state index contributed by atoms with van der Waals surface area (Å²) in [6.45, 7) is 8.78. The lowest BCUT2D eigenvalue weighted by Gasteiger charge is -2.41. The number of nitrogens with zero attached hydrogens (tertiary/aromatic N) is 2. The minimum Gasteiger partial charge on any atom is -0.481 e. The van der Waals surface area contributed by atoms with Gasteiger partial charge in [0, 0.05) is 18.8 Å². The largest absolute Gasteiger partial charge is 0.481 e. The molecule has 2 aromatic rings. The van der Waals surface area contributed by atoms with Gasteiger partial charge in [0.15, 0.2) is 5.60 Å². The Morgan fingerprint density at radius 1 is 1.14 bits per heavy atom. The first-order chi connectivity index (χ1) is 13.7. The second-order valence-electron chi connectivity index (χ2n) is 8.59. The molecule has 0 aromatic heterocycles. The molecule has 2 aromatic carbocycles. The van der Waals surface area contributed by atoms with Gasteiger partial charge in [-0.05, 0) is 55.7 Å². The fourth-order valence-electron chi connectivity index (χ4n) is 3.78. The third-order valence-electron chi connectivity index (χ3n) is 5.66. The van der Waals surface area contributed by atoms with Crippen LogP contribution in [0.3, 0.4) is 0 Å². The molecule has 29 heavy (non-hydrogen) atoms. The molecular weight excluding hydrogens is 368 g/mol. The van der Waals surface area contributed by atoms with Gasteiger partial charge in [0.25, 0.3) is 5.91 Å². The first kappa shape index (κ1) is 19.3. The molecule has 0 atom stereocenters. The number of hydrogen-bond acceptors (Lipinski definition) is 4. The maximum atomic E-state index is 13.2. The zero-order valence-electron chi connectivity index (χ0n) is 17.2. The Kier molecular flexibility index (Phi) is 4.52. The fourth-order valence-corrected chi connectivity index (χ4v) is 3.78. The number of carboxylic acids is 1. The van der Waals surface area contributed by atoms with E-state index in [4.69, 9.17) is 9.84 Å². The zero-order chi connectivity index (χ0) is 20.9. The van der Waals surface area contributed by atoms with Gasteiger partial charge in [-0.25, -0.2) is 0 Å². The summed E-state index contributed by atoms with van der Waals surface area (Å²) in [5.74, 6) is -0.183. The molecule has 1 fully saturated rings. The van der Waals surface area contributed by atoms with Crippen LogP contribution in [0.25, 0.3) is 0 Å². The summed E-state index contributed by atoms with van der Waals surface area (Å²) in [6, 6.07) is 13.7. The van der Waals surface area contributed by atoms with Crippen LogP contribution in [-0.2, 0) is 9.59 Å². The molecule has 6 heteroatoms. The molecule has 2 heterocycles. The van der Waals surface area contributed by atoms with Gasteiger partial charge in [-0.2, -0.15) is 0 Å². The number of fused-ring (bicyclic) bond motifs is 1. The molecule has 1 saturated heterocycles. The Balaban J connectivity index is 1.72. The number of aliphatic carboxylic acids is 1. The van der Waals surface area contributed by atoms with Gasteiger partial charge >= 0.3 is 5.97 Å². The number of amides is 1. The van der Waals surface area contributed by atoms with Crippen LogP contribution in [0, 0.1) is 5.92 Å². The molecular formula is C23H26N2O4. The Bertz CT molecular complexity index is 977. The SMILES string of the molecule is CC(C)c1ccc2c(c1)OC(C)(C)C(=O)N2c1cccc(N2CC(C(=O)O)C2)c1. The predicted molar refractivity (Wildman–Crippen MR) is 112 cm³/mol. The van der Waals surface area contributed by atoms with E-state index in [1.165, 1.54) is 0 Å². The molecule has 0 unspecified atom stereocenters. The Morgan fingerprint density at radius 3 is 2.48 bits per heavy atom. The molecule has 1 amide bonds. The second-order valence-corrected chi connectivity index (χ2v) is 8.59. The Morgan fingerprint density at radius 2 is 1.83 bits per heavy atom. The van der Waals surface area contributed by atoms with E-state index in [2.05, 4.69) is 13.8 Å². The fraction of sp³-hybridized carbons (Fsp3) is 0.391. The van der Waals surface area contributed by atoms with Crippen molar-refractivity contribution in [1.82, 2.24) is 0 Å². The van der Waals surface area contributed by atoms with Crippen LogP contribution >= 0.6 is 0 Å². The summed E-state index contributed by atoms with van der Waals surface area (Å²) in [4.78, 5) is 28.1. The first-order valence-corrected chi connectivity index (χ1v) is 9.92. The van der Waals surface area contributed by atoms with Crippen LogP contribution in [0.4, 0.5) is 17.1 Å². The summed E-state index contributed by atoms with van der Waals surface area (Å²) in [5, 5.41) is 9.13. The minimum absolute atomic E-state index is 0.133. The topological polar surface area (TPSA) is 70.1 Å². The highest BCUT2D eigenvalue weighted by Crippen LogP contribution is 2.44. The van der Waals surface area contributed by atoms with E-state index in [-0.39, 0.29) is 11.8 Å². The number of carboxylic acid groups (broad SMARTS) is 1. The molecule has 0 spiro atoms. The van der Waals surface area contributed by atoms with Crippen LogP contribution in [0.15, 0.2) is 42.5 Å². The lowest BCUT2D eigenvalue weighted by molar-refractivity contribution is -0.142. The first-order valence-electron chi connectivity index (χ1n) is 9.92. The van der Waals surface area contributed by atoms with Gasteiger partial charge in [-0.3, -0.25) is 14.5 Å². The smallest absolute Gasteiger partial charge is 0.310 e. The van der Waals surface area contributed by atoms with E-state index < -0.39 is 11.6 Å². The molecule has 152 valence electrons. The number of anilines is 3. The molecule has 1 N–H and O–H groups in total. The van der Waals surface area contributed by atoms with Crippen molar-refractivity contribution in [1.29, 1.82) is 0 Å². The summed E-state index contributed by atoms with van der Waals surface area (Å²) in [5.41, 5.74) is 2.56. The molecule has 0 aliphatic carbocycles. The predicted octanol–water partition coefficient (Wildman–Crippen LogP) is 4.17. The number of carbonyl (C=O) groups excluding carboxylic acids is 1. The van der Waals surface area contributed by atoms with Gasteiger partial charge in [0.1, 0.15) is 5.75 Å². The Hall–Kier alpha value is -3.02. The zero-order valence-corrected chi connectivity index (χ0v) is 17.2. The van der Waals surface area contributed by atoms with Crippen molar-refractivity contribution >= 4 is 28.9 Å². The molecule has 2 aliphatic rings. The van der Waals surface area contributed by atoms with Crippen molar-refractivity contribution in [3.8, 4) is 5.75 Å². The maximum Gasteiger partial charge on any atom is 0.310 e. The standard InChI is InChI=1S/C23H26N2O4/c1-14(2)15-8-9-19-20(10-15)29-23(3,4)22(28)25(19)18-7-5-6-17(11-18)24-12-16(13-24)21(26)27/h5-11,14,16H,12-13H2,1-4H3,(H,26,27). The number of hydrogen-bond donors (Lipinski definition) is 1. The van der Waals surface area contributed by atoms with Crippen molar-refractivity contribution in [3.05, 3.63) is 48.0 Å². The van der Waals surface area contributed by atoms with Crippen molar-refractivity contribution < 1.29 is 19.4 Å². The molecule has 0 bridgehead atoms. The average molecular weight is 394 g/mol. The van der Waals surface area contributed by atoms with Crippen molar-refractivity contribution in [2.75, 3.05) is 22.9 Å². The van der Waals surface area contributed by atoms with Gasteiger partial charge in [0.05, 0.1) is 17.3 Å². The lowest BCUT2D eigenvalue weighted by Crippen LogP contribution is -2.51. The Labute approximate surface area is 170 Å². The molecule has 0 radical (unpaired) electrons. The number of ether oxygens (including phenoxy) is 1. The number of rotatable bonds is 4. The van der Waals surface area contributed by atoms with Crippen LogP contribution in [0.1, 0.15) is 39.2 Å². The summed E-state index contributed by atoms with van der Waals surface area (Å²) in [7, 11) is 0. The molecule has 0 saturated carbocycles. The normalized spacial score (nSPS) is 18.3. The van der Waals surface area contributed by atoms with Crippen LogP contribution in [-0.4, -0.2) is 35.7 Å². The van der Waals surface area contributed by atoms with E-state index in [1.54, 1.807) is 18.7 Å². The van der Waals surface area contributed by atoms with E-state index in [9.17, 15) is 9.59 Å². The van der Waals surface area contributed by atoms with Crippen LogP contribution < -0.4 is 14.5 Å². The maximum absolute atomic E-state index is 13.2. The minimum atomic E-state index is -0.982. The van der Waals surface area contributed by atoms with E-state index in [1.807, 2.05) is 47.4 Å². The van der Waals surface area contributed by atoms with E-state index in [0.29, 0.717) is 24.8 Å². The van der Waals surface area contributed by atoms with E-state index >= 15 is 0 Å². The average Bonchev–Trinajstić information content (AvgIpc) is 2.60. The number of benzene rings is 2. The van der Waals surface area contributed by atoms with Crippen molar-refractivity contribution in [2.24, 2.45) is 5.92 Å². The second kappa shape index (κ2) is 6.79. The summed E-state index contributed by atoms with van der Waals surface area (Å²) >= 11 is 0. The third kappa shape index (κ3) is 3.33. The highest BCUT2D eigenvalue weighted by Gasteiger charge is 2.42. The van der Waals surface area contributed by atoms with Gasteiger partial charge < -0.3 is 14.7 Å². The van der Waals surface area contributed by atoms with Gasteiger partial charge in [-0.1, -0.05) is 26.0 Å². The number of carbonyl (C=O) groups is 2. The molecule has 6 nitrogen and oxygen atoms in total. The lowest BCUT2D eigenvalue weighted by atomic mass is 9.97. The summed E-state index contributed by atoms with van der Waals surface area (Å²) in [6.07, 6.45) is 0. The van der Waals surface area contributed by atoms with Crippen molar-refractivity contribution in [2.45, 2.75) is 39.2 Å². The van der Waals surface area contributed by atoms with Crippen LogP contribution in [0.2, 0.25) is 0 Å². The highest BCUT2D eigenvalue weighted by molar-refractivity contribution is 6.08. The summed E-state index contributed by atoms with van der Waals surface area (Å²) < 4.78 is 6.06.